The van der Waals surface area contributed by atoms with Crippen LogP contribution < -0.4 is 0 Å². The summed E-state index contributed by atoms with van der Waals surface area (Å²) in [6.07, 6.45) is 0. The zero-order valence-electron chi connectivity index (χ0n) is 30.7. The molecule has 262 valence electrons. The monoisotopic (exact) mass is 712 g/mol. The molecule has 0 radical (unpaired) electrons. The standard InChI is InChI=1S/C55H36O/c1-3-15-37(16-4-1)39-19-11-21-41(33-39)43-23-13-25-45(35-43)55(46-26-14-24-44(36-46)42-22-12-20-40(34-42)38-17-5-2-6-18-38)49-29-9-7-27-47(49)53-50(55)31-32-52-54(53)48-28-8-10-30-51(48)56-52/h1-36H. The van der Waals surface area contributed by atoms with Gasteiger partial charge in [-0.1, -0.05) is 182 Å². The van der Waals surface area contributed by atoms with Gasteiger partial charge in [-0.25, -0.2) is 0 Å². The van der Waals surface area contributed by atoms with Gasteiger partial charge >= 0.3 is 0 Å². The van der Waals surface area contributed by atoms with Crippen molar-refractivity contribution in [1.29, 1.82) is 0 Å². The summed E-state index contributed by atoms with van der Waals surface area (Å²) in [7, 11) is 0. The molecule has 1 aromatic heterocycles. The maximum Gasteiger partial charge on any atom is 0.136 e. The number of hydrogen-bond donors (Lipinski definition) is 0. The molecule has 1 aliphatic carbocycles. The number of hydrogen-bond acceptors (Lipinski definition) is 1. The Hall–Kier alpha value is -7.22. The van der Waals surface area contributed by atoms with Gasteiger partial charge in [0, 0.05) is 10.8 Å². The first kappa shape index (κ1) is 32.2. The summed E-state index contributed by atoms with van der Waals surface area (Å²) in [6, 6.07) is 79.6. The van der Waals surface area contributed by atoms with Crippen LogP contribution in [0.2, 0.25) is 0 Å². The van der Waals surface area contributed by atoms with Crippen LogP contribution in [-0.2, 0) is 5.41 Å². The van der Waals surface area contributed by atoms with Crippen LogP contribution in [0.1, 0.15) is 22.3 Å². The van der Waals surface area contributed by atoms with Gasteiger partial charge in [-0.2, -0.15) is 0 Å². The summed E-state index contributed by atoms with van der Waals surface area (Å²) in [5.41, 5.74) is 18.3. The van der Waals surface area contributed by atoms with Crippen LogP contribution in [0.3, 0.4) is 0 Å². The Kier molecular flexibility index (Phi) is 7.47. The van der Waals surface area contributed by atoms with Gasteiger partial charge in [0.05, 0.1) is 5.41 Å². The summed E-state index contributed by atoms with van der Waals surface area (Å²) in [5, 5.41) is 2.31. The van der Waals surface area contributed by atoms with Crippen molar-refractivity contribution in [2.75, 3.05) is 0 Å². The van der Waals surface area contributed by atoms with E-state index in [4.69, 9.17) is 4.42 Å². The highest BCUT2D eigenvalue weighted by atomic mass is 16.3. The molecule has 0 saturated carbocycles. The molecule has 0 spiro atoms. The van der Waals surface area contributed by atoms with E-state index >= 15 is 0 Å². The van der Waals surface area contributed by atoms with Gasteiger partial charge in [0.1, 0.15) is 11.2 Å². The average Bonchev–Trinajstić information content (AvgIpc) is 3.81. The zero-order valence-corrected chi connectivity index (χ0v) is 30.7. The van der Waals surface area contributed by atoms with Crippen LogP contribution in [0.15, 0.2) is 223 Å². The Morgan fingerprint density at radius 1 is 0.304 bits per heavy atom. The van der Waals surface area contributed by atoms with Crippen molar-refractivity contribution in [2.24, 2.45) is 0 Å². The first-order valence-electron chi connectivity index (χ1n) is 19.3. The molecule has 1 heterocycles. The Balaban J connectivity index is 1.18. The quantitative estimate of drug-likeness (QED) is 0.167. The lowest BCUT2D eigenvalue weighted by molar-refractivity contribution is 0.668. The fraction of sp³-hybridized carbons (Fsp3) is 0.0182. The third kappa shape index (κ3) is 5.02. The van der Waals surface area contributed by atoms with Crippen molar-refractivity contribution in [3.63, 3.8) is 0 Å². The van der Waals surface area contributed by atoms with Crippen molar-refractivity contribution in [3.05, 3.63) is 241 Å². The van der Waals surface area contributed by atoms with E-state index in [1.807, 2.05) is 0 Å². The van der Waals surface area contributed by atoms with Gasteiger partial charge in [0.2, 0.25) is 0 Å². The van der Waals surface area contributed by atoms with Crippen LogP contribution in [0.25, 0.3) is 77.6 Å². The average molecular weight is 713 g/mol. The third-order valence-corrected chi connectivity index (χ3v) is 11.7. The molecule has 11 rings (SSSR count). The van der Waals surface area contributed by atoms with Crippen LogP contribution >= 0.6 is 0 Å². The molecule has 9 aromatic carbocycles. The van der Waals surface area contributed by atoms with Crippen LogP contribution in [0, 0.1) is 0 Å². The second-order valence-corrected chi connectivity index (χ2v) is 14.8. The van der Waals surface area contributed by atoms with Gasteiger partial charge < -0.3 is 4.42 Å². The lowest BCUT2D eigenvalue weighted by atomic mass is 9.67. The van der Waals surface area contributed by atoms with Gasteiger partial charge in [0.15, 0.2) is 0 Å². The molecule has 1 heteroatoms. The molecule has 0 bridgehead atoms. The van der Waals surface area contributed by atoms with Crippen molar-refractivity contribution in [2.45, 2.75) is 5.41 Å². The van der Waals surface area contributed by atoms with E-state index in [-0.39, 0.29) is 0 Å². The molecule has 56 heavy (non-hydrogen) atoms. The van der Waals surface area contributed by atoms with Crippen LogP contribution in [0.5, 0.6) is 0 Å². The molecule has 0 N–H and O–H groups in total. The van der Waals surface area contributed by atoms with Gasteiger partial charge in [0.25, 0.3) is 0 Å². The minimum absolute atomic E-state index is 0.613. The second kappa shape index (κ2) is 13.0. The van der Waals surface area contributed by atoms with E-state index in [9.17, 15) is 0 Å². The lowest BCUT2D eigenvalue weighted by Gasteiger charge is -2.34. The first-order chi connectivity index (χ1) is 27.8. The van der Waals surface area contributed by atoms with Gasteiger partial charge in [-0.3, -0.25) is 0 Å². The summed E-state index contributed by atoms with van der Waals surface area (Å²) < 4.78 is 6.52. The summed E-state index contributed by atoms with van der Waals surface area (Å²) in [4.78, 5) is 0. The zero-order chi connectivity index (χ0) is 37.1. The number of fused-ring (bicyclic) bond motifs is 7. The smallest absolute Gasteiger partial charge is 0.136 e. The number of para-hydroxylation sites is 1. The summed E-state index contributed by atoms with van der Waals surface area (Å²) >= 11 is 0. The van der Waals surface area contributed by atoms with Gasteiger partial charge in [-0.15, -0.1) is 0 Å². The molecule has 0 saturated heterocycles. The maximum absolute atomic E-state index is 6.52. The highest BCUT2D eigenvalue weighted by Gasteiger charge is 2.47. The Morgan fingerprint density at radius 2 is 0.768 bits per heavy atom. The van der Waals surface area contributed by atoms with E-state index in [0.717, 1.165) is 16.6 Å². The van der Waals surface area contributed by atoms with Crippen LogP contribution in [-0.4, -0.2) is 0 Å². The Bertz CT molecular complexity index is 2950. The molecule has 0 fully saturated rings. The van der Waals surface area contributed by atoms with Gasteiger partial charge in [-0.05, 0) is 114 Å². The highest BCUT2D eigenvalue weighted by molar-refractivity contribution is 6.15. The Labute approximate surface area is 326 Å². The number of furan rings is 1. The largest absolute Gasteiger partial charge is 0.456 e. The second-order valence-electron chi connectivity index (χ2n) is 14.8. The molecule has 0 atom stereocenters. The molecule has 0 unspecified atom stereocenters. The van der Waals surface area contributed by atoms with E-state index in [2.05, 4.69) is 218 Å². The predicted octanol–water partition coefficient (Wildman–Crippen LogP) is 14.6. The van der Waals surface area contributed by atoms with Crippen molar-refractivity contribution < 1.29 is 4.42 Å². The fourth-order valence-corrected chi connectivity index (χ4v) is 9.25. The third-order valence-electron chi connectivity index (χ3n) is 11.7. The molecule has 1 nitrogen and oxygen atoms in total. The molecular weight excluding hydrogens is 677 g/mol. The molecule has 0 amide bonds. The fourth-order valence-electron chi connectivity index (χ4n) is 9.25. The molecule has 10 aromatic rings. The van der Waals surface area contributed by atoms with E-state index < -0.39 is 5.41 Å². The van der Waals surface area contributed by atoms with E-state index in [1.165, 1.54) is 83.3 Å². The normalized spacial score (nSPS) is 12.8. The molecule has 0 aliphatic heterocycles. The van der Waals surface area contributed by atoms with Crippen molar-refractivity contribution >= 4 is 21.9 Å². The summed E-state index contributed by atoms with van der Waals surface area (Å²) in [5.74, 6) is 0. The van der Waals surface area contributed by atoms with Crippen LogP contribution in [0.4, 0.5) is 0 Å². The minimum atomic E-state index is -0.613. The maximum atomic E-state index is 6.52. The lowest BCUT2D eigenvalue weighted by Crippen LogP contribution is -2.28. The van der Waals surface area contributed by atoms with E-state index in [0.29, 0.717) is 0 Å². The van der Waals surface area contributed by atoms with E-state index in [1.54, 1.807) is 0 Å². The SMILES string of the molecule is c1ccc(-c2cccc(-c3cccc(C4(c5cccc(-c6cccc(-c7ccccc7)c6)c5)c5ccccc5-c5c4ccc4oc6ccccc6c54)c3)c2)cc1. The molecule has 1 aliphatic rings. The minimum Gasteiger partial charge on any atom is -0.456 e. The van der Waals surface area contributed by atoms with Crippen molar-refractivity contribution in [3.8, 4) is 55.6 Å². The topological polar surface area (TPSA) is 13.1 Å². The van der Waals surface area contributed by atoms with Crippen molar-refractivity contribution in [1.82, 2.24) is 0 Å². The molecular formula is C55H36O. The first-order valence-corrected chi connectivity index (χ1v) is 19.3. The number of rotatable bonds is 6. The number of benzene rings is 9. The Morgan fingerprint density at radius 3 is 1.38 bits per heavy atom. The highest BCUT2D eigenvalue weighted by Crippen LogP contribution is 2.59. The summed E-state index contributed by atoms with van der Waals surface area (Å²) in [6.45, 7) is 0. The predicted molar refractivity (Wildman–Crippen MR) is 233 cm³/mol.